The van der Waals surface area contributed by atoms with Gasteiger partial charge in [-0.25, -0.2) is 0 Å². The van der Waals surface area contributed by atoms with Crippen LogP contribution in [0.4, 0.5) is 0 Å². The van der Waals surface area contributed by atoms with Gasteiger partial charge in [0, 0.05) is 45.3 Å². The van der Waals surface area contributed by atoms with E-state index in [4.69, 9.17) is 4.74 Å². The van der Waals surface area contributed by atoms with E-state index in [2.05, 4.69) is 28.5 Å². The van der Waals surface area contributed by atoms with E-state index >= 15 is 0 Å². The second kappa shape index (κ2) is 6.73. The minimum Gasteiger partial charge on any atom is -0.379 e. The van der Waals surface area contributed by atoms with E-state index in [1.165, 1.54) is 45.7 Å². The second-order valence-electron chi connectivity index (χ2n) is 7.13. The Morgan fingerprint density at radius 1 is 0.900 bits per heavy atom. The molecule has 0 spiro atoms. The summed E-state index contributed by atoms with van der Waals surface area (Å²) in [4.78, 5) is 7.94. The van der Waals surface area contributed by atoms with Crippen LogP contribution in [0.1, 0.15) is 20.3 Å². The van der Waals surface area contributed by atoms with Crippen LogP contribution in [-0.2, 0) is 4.74 Å². The van der Waals surface area contributed by atoms with Crippen molar-refractivity contribution in [3.8, 4) is 0 Å². The molecule has 2 atom stereocenters. The summed E-state index contributed by atoms with van der Waals surface area (Å²) < 4.78 is 5.40. The van der Waals surface area contributed by atoms with Gasteiger partial charge in [-0.15, -0.1) is 0 Å². The van der Waals surface area contributed by atoms with Crippen LogP contribution in [0.15, 0.2) is 0 Å². The maximum absolute atomic E-state index is 5.40. The third-order valence-corrected chi connectivity index (χ3v) is 5.37. The molecule has 3 aliphatic heterocycles. The lowest BCUT2D eigenvalue weighted by Crippen LogP contribution is -2.38. The van der Waals surface area contributed by atoms with Gasteiger partial charge in [0.1, 0.15) is 0 Å². The first-order valence-corrected chi connectivity index (χ1v) is 8.49. The van der Waals surface area contributed by atoms with Crippen molar-refractivity contribution in [2.24, 2.45) is 11.8 Å². The topological polar surface area (TPSA) is 19.0 Å². The Hall–Kier alpha value is -0.160. The van der Waals surface area contributed by atoms with Crippen molar-refractivity contribution in [1.29, 1.82) is 0 Å². The van der Waals surface area contributed by atoms with E-state index in [9.17, 15) is 0 Å². The molecule has 3 saturated heterocycles. The zero-order chi connectivity index (χ0) is 13.9. The molecule has 2 unspecified atom stereocenters. The summed E-state index contributed by atoms with van der Waals surface area (Å²) in [7, 11) is 0. The molecule has 0 bridgehead atoms. The number of nitrogens with zero attached hydrogens (tertiary/aromatic N) is 3. The molecule has 116 valence electrons. The molecule has 3 rings (SSSR count). The molecular formula is C16H31N3O. The average Bonchev–Trinajstić information content (AvgIpc) is 2.98. The monoisotopic (exact) mass is 281 g/mol. The Bertz CT molecular complexity index is 290. The molecule has 3 fully saturated rings. The van der Waals surface area contributed by atoms with E-state index in [0.717, 1.165) is 44.2 Å². The van der Waals surface area contributed by atoms with Crippen LogP contribution in [0.3, 0.4) is 0 Å². The summed E-state index contributed by atoms with van der Waals surface area (Å²) in [5.41, 5.74) is 0. The van der Waals surface area contributed by atoms with Gasteiger partial charge in [-0.3, -0.25) is 4.90 Å². The lowest BCUT2D eigenvalue weighted by Gasteiger charge is -2.28. The highest BCUT2D eigenvalue weighted by atomic mass is 16.5. The van der Waals surface area contributed by atoms with E-state index < -0.39 is 0 Å². The Morgan fingerprint density at radius 2 is 1.50 bits per heavy atom. The van der Waals surface area contributed by atoms with Gasteiger partial charge >= 0.3 is 0 Å². The highest BCUT2D eigenvalue weighted by Crippen LogP contribution is 2.31. The fraction of sp³-hybridized carbons (Fsp3) is 1.00. The second-order valence-corrected chi connectivity index (χ2v) is 7.13. The smallest absolute Gasteiger partial charge is 0.0594 e. The Balaban J connectivity index is 1.33. The molecule has 4 heteroatoms. The van der Waals surface area contributed by atoms with Crippen LogP contribution < -0.4 is 0 Å². The standard InChI is InChI=1S/C16H31N3O/c1-14(2)19-12-15-10-18(11-16(15)13-19)5-3-4-17-6-8-20-9-7-17/h14-16H,3-13H2,1-2H3. The Labute approximate surface area is 124 Å². The normalized spacial score (nSPS) is 33.1. The summed E-state index contributed by atoms with van der Waals surface area (Å²) in [5.74, 6) is 1.89. The quantitative estimate of drug-likeness (QED) is 0.748. The molecule has 0 aliphatic carbocycles. The number of hydrogen-bond acceptors (Lipinski definition) is 4. The van der Waals surface area contributed by atoms with Crippen molar-refractivity contribution >= 4 is 0 Å². The molecular weight excluding hydrogens is 250 g/mol. The van der Waals surface area contributed by atoms with Crippen LogP contribution in [0.5, 0.6) is 0 Å². The molecule has 0 radical (unpaired) electrons. The molecule has 20 heavy (non-hydrogen) atoms. The number of morpholine rings is 1. The zero-order valence-electron chi connectivity index (χ0n) is 13.3. The zero-order valence-corrected chi connectivity index (χ0v) is 13.3. The van der Waals surface area contributed by atoms with Crippen molar-refractivity contribution in [2.75, 3.05) is 65.6 Å². The number of ether oxygens (including phenoxy) is 1. The van der Waals surface area contributed by atoms with Crippen LogP contribution in [-0.4, -0.2) is 86.3 Å². The van der Waals surface area contributed by atoms with Gasteiger partial charge in [0.05, 0.1) is 13.2 Å². The average molecular weight is 281 g/mol. The molecule has 0 aromatic rings. The Kier molecular flexibility index (Phi) is 4.97. The molecule has 0 aromatic carbocycles. The van der Waals surface area contributed by atoms with Gasteiger partial charge < -0.3 is 14.5 Å². The summed E-state index contributed by atoms with van der Waals surface area (Å²) in [6.07, 6.45) is 1.33. The molecule has 0 aromatic heterocycles. The molecule has 0 saturated carbocycles. The highest BCUT2D eigenvalue weighted by Gasteiger charge is 2.40. The summed E-state index contributed by atoms with van der Waals surface area (Å²) in [5, 5.41) is 0. The fourth-order valence-corrected chi connectivity index (χ4v) is 4.07. The third kappa shape index (κ3) is 3.53. The minimum atomic E-state index is 0.732. The summed E-state index contributed by atoms with van der Waals surface area (Å²) in [6.45, 7) is 16.7. The Morgan fingerprint density at radius 3 is 2.10 bits per heavy atom. The third-order valence-electron chi connectivity index (χ3n) is 5.37. The van der Waals surface area contributed by atoms with Crippen molar-refractivity contribution < 1.29 is 4.74 Å². The maximum Gasteiger partial charge on any atom is 0.0594 e. The number of hydrogen-bond donors (Lipinski definition) is 0. The molecule has 3 heterocycles. The molecule has 0 N–H and O–H groups in total. The van der Waals surface area contributed by atoms with Crippen molar-refractivity contribution in [3.05, 3.63) is 0 Å². The number of fused-ring (bicyclic) bond motifs is 1. The van der Waals surface area contributed by atoms with Gasteiger partial charge in [-0.05, 0) is 45.2 Å². The van der Waals surface area contributed by atoms with Gasteiger partial charge in [-0.1, -0.05) is 0 Å². The van der Waals surface area contributed by atoms with Crippen molar-refractivity contribution in [3.63, 3.8) is 0 Å². The lowest BCUT2D eigenvalue weighted by molar-refractivity contribution is 0.0362. The largest absolute Gasteiger partial charge is 0.379 e. The van der Waals surface area contributed by atoms with Gasteiger partial charge in [0.15, 0.2) is 0 Å². The van der Waals surface area contributed by atoms with Crippen molar-refractivity contribution in [1.82, 2.24) is 14.7 Å². The van der Waals surface area contributed by atoms with E-state index in [1.54, 1.807) is 0 Å². The first-order chi connectivity index (χ1) is 9.72. The van der Waals surface area contributed by atoms with E-state index in [0.29, 0.717) is 0 Å². The number of likely N-dealkylation sites (tertiary alicyclic amines) is 2. The fourth-order valence-electron chi connectivity index (χ4n) is 4.07. The number of rotatable bonds is 5. The molecule has 3 aliphatic rings. The first kappa shape index (κ1) is 14.8. The predicted octanol–water partition coefficient (Wildman–Crippen LogP) is 0.981. The van der Waals surface area contributed by atoms with E-state index in [-0.39, 0.29) is 0 Å². The van der Waals surface area contributed by atoms with Gasteiger partial charge in [-0.2, -0.15) is 0 Å². The van der Waals surface area contributed by atoms with Crippen molar-refractivity contribution in [2.45, 2.75) is 26.3 Å². The maximum atomic E-state index is 5.40. The van der Waals surface area contributed by atoms with Gasteiger partial charge in [0.2, 0.25) is 0 Å². The van der Waals surface area contributed by atoms with Gasteiger partial charge in [0.25, 0.3) is 0 Å². The van der Waals surface area contributed by atoms with Crippen LogP contribution in [0, 0.1) is 11.8 Å². The van der Waals surface area contributed by atoms with E-state index in [1.807, 2.05) is 0 Å². The summed E-state index contributed by atoms with van der Waals surface area (Å²) in [6, 6.07) is 0.732. The minimum absolute atomic E-state index is 0.732. The highest BCUT2D eigenvalue weighted by molar-refractivity contribution is 4.93. The van der Waals surface area contributed by atoms with Crippen LogP contribution in [0.25, 0.3) is 0 Å². The predicted molar refractivity (Wildman–Crippen MR) is 82.0 cm³/mol. The SMILES string of the molecule is CC(C)N1CC2CN(CCCN3CCOCC3)CC2C1. The lowest BCUT2D eigenvalue weighted by atomic mass is 10.0. The van der Waals surface area contributed by atoms with Crippen LogP contribution in [0.2, 0.25) is 0 Å². The first-order valence-electron chi connectivity index (χ1n) is 8.49. The summed E-state index contributed by atoms with van der Waals surface area (Å²) >= 11 is 0. The molecule has 0 amide bonds. The molecule has 4 nitrogen and oxygen atoms in total. The van der Waals surface area contributed by atoms with Crippen LogP contribution >= 0.6 is 0 Å².